The fraction of sp³-hybridized carbons (Fsp3) is 0.300. The predicted molar refractivity (Wildman–Crippen MR) is 103 cm³/mol. The summed E-state index contributed by atoms with van der Waals surface area (Å²) in [6, 6.07) is 9.38. The number of anilines is 1. The second-order valence-electron chi connectivity index (χ2n) is 6.70. The van der Waals surface area contributed by atoms with Gasteiger partial charge in [0.1, 0.15) is 6.04 Å². The third kappa shape index (κ3) is 4.32. The summed E-state index contributed by atoms with van der Waals surface area (Å²) in [5.74, 6) is -0.710. The number of carbonyl (C=O) groups is 2. The average molecular weight is 408 g/mol. The van der Waals surface area contributed by atoms with Gasteiger partial charge in [-0.05, 0) is 49.2 Å². The van der Waals surface area contributed by atoms with Gasteiger partial charge in [-0.25, -0.2) is 0 Å². The zero-order chi connectivity index (χ0) is 20.5. The van der Waals surface area contributed by atoms with Gasteiger partial charge in [0.15, 0.2) is 0 Å². The molecule has 1 fully saturated rings. The van der Waals surface area contributed by atoms with E-state index in [1.54, 1.807) is 12.1 Å². The van der Waals surface area contributed by atoms with Crippen LogP contribution in [0.2, 0.25) is 0 Å². The van der Waals surface area contributed by atoms with Gasteiger partial charge < -0.3 is 10.2 Å². The quantitative estimate of drug-likeness (QED) is 0.815. The van der Waals surface area contributed by atoms with E-state index in [0.717, 1.165) is 23.3 Å². The van der Waals surface area contributed by atoms with E-state index in [-0.39, 0.29) is 5.88 Å². The summed E-state index contributed by atoms with van der Waals surface area (Å²) in [5, 5.41) is 2.78. The molecular formula is C20H19F3N2O2S. The van der Waals surface area contributed by atoms with Crippen molar-refractivity contribution in [3.8, 4) is 0 Å². The molecule has 1 heterocycles. The Kier molecular flexibility index (Phi) is 5.69. The summed E-state index contributed by atoms with van der Waals surface area (Å²) >= 11 is 1.33. The zero-order valence-electron chi connectivity index (χ0n) is 15.3. The Balaban J connectivity index is 1.83. The highest BCUT2D eigenvalue weighted by Crippen LogP contribution is 2.34. The van der Waals surface area contributed by atoms with Gasteiger partial charge >= 0.3 is 6.18 Å². The average Bonchev–Trinajstić information content (AvgIpc) is 3.09. The van der Waals surface area contributed by atoms with Crippen LogP contribution >= 0.6 is 11.8 Å². The molecule has 0 radical (unpaired) electrons. The van der Waals surface area contributed by atoms with E-state index in [1.165, 1.54) is 28.8 Å². The number of hydrogen-bond acceptors (Lipinski definition) is 3. The molecule has 3 rings (SSSR count). The van der Waals surface area contributed by atoms with Crippen LogP contribution in [0, 0.1) is 13.8 Å². The third-order valence-corrected chi connectivity index (χ3v) is 5.41. The lowest BCUT2D eigenvalue weighted by atomic mass is 10.1. The number of benzene rings is 2. The molecule has 1 saturated heterocycles. The van der Waals surface area contributed by atoms with Gasteiger partial charge in [0.05, 0.1) is 17.0 Å². The zero-order valence-corrected chi connectivity index (χ0v) is 16.2. The van der Waals surface area contributed by atoms with Crippen LogP contribution in [0.5, 0.6) is 0 Å². The molecule has 2 amide bonds. The van der Waals surface area contributed by atoms with E-state index in [4.69, 9.17) is 0 Å². The molecule has 148 valence electrons. The van der Waals surface area contributed by atoms with Crippen molar-refractivity contribution in [2.75, 3.05) is 16.9 Å². The van der Waals surface area contributed by atoms with E-state index in [1.807, 2.05) is 19.9 Å². The minimum absolute atomic E-state index is 0.163. The van der Waals surface area contributed by atoms with E-state index in [2.05, 4.69) is 5.32 Å². The molecular weight excluding hydrogens is 389 g/mol. The number of thioether (sulfide) groups is 1. The number of nitrogens with zero attached hydrogens (tertiary/aromatic N) is 1. The minimum atomic E-state index is -4.64. The lowest BCUT2D eigenvalue weighted by molar-refractivity contribution is -0.138. The Morgan fingerprint density at radius 1 is 1.11 bits per heavy atom. The van der Waals surface area contributed by atoms with Crippen molar-refractivity contribution in [1.82, 2.24) is 4.90 Å². The molecule has 0 aliphatic carbocycles. The maximum Gasteiger partial charge on any atom is 0.417 e. The molecule has 4 nitrogen and oxygen atoms in total. The maximum absolute atomic E-state index is 13.3. The van der Waals surface area contributed by atoms with Gasteiger partial charge in [0.25, 0.3) is 5.91 Å². The molecule has 1 atom stereocenters. The second kappa shape index (κ2) is 7.87. The van der Waals surface area contributed by atoms with Crippen LogP contribution in [-0.4, -0.2) is 34.4 Å². The van der Waals surface area contributed by atoms with Gasteiger partial charge in [-0.15, -0.1) is 11.8 Å². The van der Waals surface area contributed by atoms with Gasteiger partial charge in [-0.3, -0.25) is 9.59 Å². The Hall–Kier alpha value is -2.48. The van der Waals surface area contributed by atoms with E-state index >= 15 is 0 Å². The van der Waals surface area contributed by atoms with Gasteiger partial charge in [-0.2, -0.15) is 13.2 Å². The van der Waals surface area contributed by atoms with Crippen molar-refractivity contribution < 1.29 is 22.8 Å². The Morgan fingerprint density at radius 2 is 1.75 bits per heavy atom. The Labute approximate surface area is 165 Å². The smallest absolute Gasteiger partial charge is 0.324 e. The molecule has 1 aliphatic heterocycles. The number of nitrogens with one attached hydrogen (secondary N) is 1. The monoisotopic (exact) mass is 408 g/mol. The highest BCUT2D eigenvalue weighted by Gasteiger charge is 2.40. The molecule has 0 aromatic heterocycles. The lowest BCUT2D eigenvalue weighted by Crippen LogP contribution is -2.45. The second-order valence-corrected chi connectivity index (χ2v) is 7.70. The Morgan fingerprint density at radius 3 is 2.39 bits per heavy atom. The van der Waals surface area contributed by atoms with Crippen molar-refractivity contribution in [2.45, 2.75) is 26.1 Å². The number of hydrogen-bond donors (Lipinski definition) is 1. The van der Waals surface area contributed by atoms with Crippen LogP contribution in [-0.2, 0) is 11.0 Å². The summed E-state index contributed by atoms with van der Waals surface area (Å²) in [4.78, 5) is 26.7. The van der Waals surface area contributed by atoms with Crippen molar-refractivity contribution in [1.29, 1.82) is 0 Å². The van der Waals surface area contributed by atoms with Crippen molar-refractivity contribution in [2.24, 2.45) is 0 Å². The largest absolute Gasteiger partial charge is 0.417 e. The van der Waals surface area contributed by atoms with Crippen molar-refractivity contribution in [3.05, 3.63) is 64.7 Å². The van der Waals surface area contributed by atoms with Gasteiger partial charge in [0.2, 0.25) is 5.91 Å². The highest BCUT2D eigenvalue weighted by molar-refractivity contribution is 7.99. The number of rotatable bonds is 3. The Bertz CT molecular complexity index is 894. The fourth-order valence-corrected chi connectivity index (χ4v) is 4.36. The molecule has 0 bridgehead atoms. The topological polar surface area (TPSA) is 49.4 Å². The molecule has 1 unspecified atom stereocenters. The number of amides is 2. The van der Waals surface area contributed by atoms with Crippen LogP contribution in [0.4, 0.5) is 18.9 Å². The summed E-state index contributed by atoms with van der Waals surface area (Å²) in [7, 11) is 0. The molecule has 1 N–H and O–H groups in total. The first kappa shape index (κ1) is 20.3. The maximum atomic E-state index is 13.3. The van der Waals surface area contributed by atoms with E-state index in [0.29, 0.717) is 11.4 Å². The fourth-order valence-electron chi connectivity index (χ4n) is 3.20. The minimum Gasteiger partial charge on any atom is -0.324 e. The van der Waals surface area contributed by atoms with E-state index < -0.39 is 35.2 Å². The number of alkyl halides is 3. The number of carbonyl (C=O) groups excluding carboxylic acids is 2. The van der Waals surface area contributed by atoms with Crippen LogP contribution in [0.25, 0.3) is 0 Å². The van der Waals surface area contributed by atoms with Gasteiger partial charge in [0, 0.05) is 11.4 Å². The third-order valence-electron chi connectivity index (χ3n) is 4.40. The molecule has 1 aliphatic rings. The molecule has 2 aromatic carbocycles. The summed E-state index contributed by atoms with van der Waals surface area (Å²) in [6.07, 6.45) is -4.64. The van der Waals surface area contributed by atoms with E-state index in [9.17, 15) is 22.8 Å². The number of halogens is 3. The number of aryl methyl sites for hydroxylation is 2. The molecule has 2 aromatic rings. The highest BCUT2D eigenvalue weighted by atomic mass is 32.2. The molecule has 28 heavy (non-hydrogen) atoms. The summed E-state index contributed by atoms with van der Waals surface area (Å²) in [6.45, 7) is 3.80. The normalized spacial score (nSPS) is 16.9. The molecule has 8 heteroatoms. The summed E-state index contributed by atoms with van der Waals surface area (Å²) in [5.41, 5.74) is 1.11. The van der Waals surface area contributed by atoms with Crippen LogP contribution in [0.1, 0.15) is 27.0 Å². The molecule has 0 saturated carbocycles. The van der Waals surface area contributed by atoms with Gasteiger partial charge in [-0.1, -0.05) is 18.2 Å². The first-order chi connectivity index (χ1) is 13.2. The lowest BCUT2D eigenvalue weighted by Gasteiger charge is -2.24. The first-order valence-electron chi connectivity index (χ1n) is 8.61. The van der Waals surface area contributed by atoms with Crippen molar-refractivity contribution >= 4 is 29.3 Å². The van der Waals surface area contributed by atoms with Crippen molar-refractivity contribution in [3.63, 3.8) is 0 Å². The van der Waals surface area contributed by atoms with Crippen LogP contribution in [0.15, 0.2) is 42.5 Å². The summed E-state index contributed by atoms with van der Waals surface area (Å²) < 4.78 is 39.8. The standard InChI is InChI=1S/C20H19F3N2O2S/c1-12-7-13(2)9-14(8-12)24-18(26)17-10-28-11-25(17)19(27)15-5-3-4-6-16(15)20(21,22)23/h3-9,17H,10-11H2,1-2H3,(H,24,26). The molecule has 0 spiro atoms. The first-order valence-corrected chi connectivity index (χ1v) is 9.76. The predicted octanol–water partition coefficient (Wildman–Crippen LogP) is 4.48. The van der Waals surface area contributed by atoms with Crippen LogP contribution < -0.4 is 5.32 Å². The van der Waals surface area contributed by atoms with Crippen LogP contribution in [0.3, 0.4) is 0 Å². The SMILES string of the molecule is Cc1cc(C)cc(NC(=O)C2CSCN2C(=O)c2ccccc2C(F)(F)F)c1.